The lowest BCUT2D eigenvalue weighted by Crippen LogP contribution is -2.29. The van der Waals surface area contributed by atoms with Crippen LogP contribution in [0.5, 0.6) is 5.75 Å². The first-order chi connectivity index (χ1) is 9.58. The van der Waals surface area contributed by atoms with E-state index in [9.17, 15) is 9.59 Å². The maximum absolute atomic E-state index is 10.9. The third kappa shape index (κ3) is 3.37. The SMILES string of the molecule is COc1ccc(CC(NC(=O)O)c2noc(=O)[nH]2)cc1. The second-order valence-corrected chi connectivity index (χ2v) is 4.03. The fraction of sp³-hybridized carbons (Fsp3) is 0.250. The van der Waals surface area contributed by atoms with Crippen molar-refractivity contribution in [3.05, 3.63) is 46.2 Å². The zero-order valence-corrected chi connectivity index (χ0v) is 10.6. The smallest absolute Gasteiger partial charge is 0.438 e. The van der Waals surface area contributed by atoms with Crippen molar-refractivity contribution in [2.24, 2.45) is 0 Å². The minimum atomic E-state index is -1.22. The minimum Gasteiger partial charge on any atom is -0.497 e. The predicted molar refractivity (Wildman–Crippen MR) is 67.7 cm³/mol. The molecule has 3 N–H and O–H groups in total. The van der Waals surface area contributed by atoms with Gasteiger partial charge in [-0.15, -0.1) is 0 Å². The zero-order valence-electron chi connectivity index (χ0n) is 10.6. The number of carboxylic acid groups (broad SMARTS) is 1. The maximum Gasteiger partial charge on any atom is 0.438 e. The molecule has 1 amide bonds. The number of rotatable bonds is 5. The maximum atomic E-state index is 10.9. The summed E-state index contributed by atoms with van der Waals surface area (Å²) in [5.41, 5.74) is 0.855. The molecule has 0 radical (unpaired) electrons. The van der Waals surface area contributed by atoms with Gasteiger partial charge in [0, 0.05) is 6.42 Å². The van der Waals surface area contributed by atoms with Crippen LogP contribution in [0.15, 0.2) is 33.6 Å². The molecule has 0 aliphatic heterocycles. The van der Waals surface area contributed by atoms with Gasteiger partial charge in [0.15, 0.2) is 5.82 Å². The second-order valence-electron chi connectivity index (χ2n) is 4.03. The van der Waals surface area contributed by atoms with Gasteiger partial charge in [-0.2, -0.15) is 0 Å². The van der Waals surface area contributed by atoms with Crippen LogP contribution >= 0.6 is 0 Å². The Morgan fingerprint density at radius 1 is 1.50 bits per heavy atom. The summed E-state index contributed by atoms with van der Waals surface area (Å²) < 4.78 is 9.43. The topological polar surface area (TPSA) is 117 Å². The summed E-state index contributed by atoms with van der Waals surface area (Å²) >= 11 is 0. The average Bonchev–Trinajstić information content (AvgIpc) is 2.85. The molecule has 0 bridgehead atoms. The quantitative estimate of drug-likeness (QED) is 0.749. The highest BCUT2D eigenvalue weighted by atomic mass is 16.5. The van der Waals surface area contributed by atoms with Crippen molar-refractivity contribution in [3.63, 3.8) is 0 Å². The number of nitrogens with one attached hydrogen (secondary N) is 2. The highest BCUT2D eigenvalue weighted by Gasteiger charge is 2.19. The molecule has 1 heterocycles. The van der Waals surface area contributed by atoms with Gasteiger partial charge in [-0.1, -0.05) is 17.3 Å². The number of hydrogen-bond donors (Lipinski definition) is 3. The van der Waals surface area contributed by atoms with Gasteiger partial charge in [-0.25, -0.2) is 9.59 Å². The minimum absolute atomic E-state index is 0.133. The van der Waals surface area contributed by atoms with Gasteiger partial charge in [0.05, 0.1) is 13.2 Å². The van der Waals surface area contributed by atoms with E-state index in [2.05, 4.69) is 20.0 Å². The van der Waals surface area contributed by atoms with Crippen LogP contribution in [0.2, 0.25) is 0 Å². The van der Waals surface area contributed by atoms with E-state index in [-0.39, 0.29) is 5.82 Å². The Kier molecular flexibility index (Phi) is 4.04. The summed E-state index contributed by atoms with van der Waals surface area (Å²) in [5, 5.41) is 14.6. The molecule has 0 aliphatic rings. The van der Waals surface area contributed by atoms with Crippen molar-refractivity contribution in [1.29, 1.82) is 0 Å². The lowest BCUT2D eigenvalue weighted by molar-refractivity contribution is 0.189. The Balaban J connectivity index is 2.18. The molecule has 0 saturated carbocycles. The third-order valence-corrected chi connectivity index (χ3v) is 2.68. The van der Waals surface area contributed by atoms with E-state index in [1.54, 1.807) is 31.4 Å². The van der Waals surface area contributed by atoms with Crippen molar-refractivity contribution in [2.75, 3.05) is 7.11 Å². The van der Waals surface area contributed by atoms with Gasteiger partial charge in [-0.3, -0.25) is 9.51 Å². The van der Waals surface area contributed by atoms with E-state index in [4.69, 9.17) is 9.84 Å². The Hall–Kier alpha value is -2.77. The van der Waals surface area contributed by atoms with Crippen LogP contribution in [-0.4, -0.2) is 28.5 Å². The molecule has 8 nitrogen and oxygen atoms in total. The number of aromatic nitrogens is 2. The van der Waals surface area contributed by atoms with Crippen LogP contribution < -0.4 is 15.8 Å². The normalized spacial score (nSPS) is 11.8. The number of hydrogen-bond acceptors (Lipinski definition) is 5. The van der Waals surface area contributed by atoms with Gasteiger partial charge in [0.25, 0.3) is 0 Å². The van der Waals surface area contributed by atoms with Crippen LogP contribution in [0.1, 0.15) is 17.4 Å². The van der Waals surface area contributed by atoms with E-state index in [1.807, 2.05) is 0 Å². The van der Waals surface area contributed by atoms with Crippen LogP contribution in [0.25, 0.3) is 0 Å². The van der Waals surface area contributed by atoms with Crippen molar-refractivity contribution < 1.29 is 19.2 Å². The molecular weight excluding hydrogens is 266 g/mol. The lowest BCUT2D eigenvalue weighted by atomic mass is 10.1. The van der Waals surface area contributed by atoms with Gasteiger partial charge >= 0.3 is 11.8 Å². The Labute approximate surface area is 113 Å². The molecule has 106 valence electrons. The van der Waals surface area contributed by atoms with Gasteiger partial charge in [0.2, 0.25) is 0 Å². The van der Waals surface area contributed by atoms with Crippen molar-refractivity contribution in [1.82, 2.24) is 15.5 Å². The van der Waals surface area contributed by atoms with E-state index >= 15 is 0 Å². The number of methoxy groups -OCH3 is 1. The molecule has 1 aromatic heterocycles. The second kappa shape index (κ2) is 5.91. The molecular formula is C12H13N3O5. The zero-order chi connectivity index (χ0) is 14.5. The number of ether oxygens (including phenoxy) is 1. The number of H-pyrrole nitrogens is 1. The monoisotopic (exact) mass is 279 g/mol. The molecule has 8 heteroatoms. The van der Waals surface area contributed by atoms with Crippen molar-refractivity contribution >= 4 is 6.09 Å². The van der Waals surface area contributed by atoms with Crippen LogP contribution in [0, 0.1) is 0 Å². The first kappa shape index (κ1) is 13.7. The predicted octanol–water partition coefficient (Wildman–Crippen LogP) is 0.923. The molecule has 2 aromatic rings. The molecule has 0 saturated heterocycles. The fourth-order valence-electron chi connectivity index (χ4n) is 1.75. The number of benzene rings is 1. The molecule has 0 aliphatic carbocycles. The number of carbonyl (C=O) groups is 1. The van der Waals surface area contributed by atoms with Crippen LogP contribution in [-0.2, 0) is 6.42 Å². The first-order valence-electron chi connectivity index (χ1n) is 5.77. The summed E-state index contributed by atoms with van der Waals surface area (Å²) in [6.45, 7) is 0. The lowest BCUT2D eigenvalue weighted by Gasteiger charge is -2.13. The van der Waals surface area contributed by atoms with Crippen LogP contribution in [0.4, 0.5) is 4.79 Å². The van der Waals surface area contributed by atoms with Gasteiger partial charge in [-0.05, 0) is 17.7 Å². The van der Waals surface area contributed by atoms with E-state index < -0.39 is 17.9 Å². The van der Waals surface area contributed by atoms with Crippen molar-refractivity contribution in [3.8, 4) is 5.75 Å². The summed E-state index contributed by atoms with van der Waals surface area (Å²) in [7, 11) is 1.56. The highest BCUT2D eigenvalue weighted by Crippen LogP contribution is 2.17. The molecule has 2 rings (SSSR count). The first-order valence-corrected chi connectivity index (χ1v) is 5.77. The number of nitrogens with zero attached hydrogens (tertiary/aromatic N) is 1. The Bertz CT molecular complexity index is 631. The summed E-state index contributed by atoms with van der Waals surface area (Å²) in [4.78, 5) is 24.1. The Morgan fingerprint density at radius 3 is 2.70 bits per heavy atom. The van der Waals surface area contributed by atoms with Crippen LogP contribution in [0.3, 0.4) is 0 Å². The molecule has 1 atom stereocenters. The molecule has 1 aromatic carbocycles. The van der Waals surface area contributed by atoms with E-state index in [0.717, 1.165) is 5.56 Å². The third-order valence-electron chi connectivity index (χ3n) is 2.68. The molecule has 0 spiro atoms. The standard InChI is InChI=1S/C12H13N3O5/c1-19-8-4-2-7(3-5-8)6-9(13-11(16)17)10-14-12(18)20-15-10/h2-5,9,13H,6H2,1H3,(H,16,17)(H,14,15,18). The highest BCUT2D eigenvalue weighted by molar-refractivity contribution is 5.65. The molecule has 20 heavy (non-hydrogen) atoms. The Morgan fingerprint density at radius 2 is 2.20 bits per heavy atom. The summed E-state index contributed by atoms with van der Waals surface area (Å²) in [5.74, 6) is 0.103. The summed E-state index contributed by atoms with van der Waals surface area (Å²) in [6.07, 6.45) is -0.897. The van der Waals surface area contributed by atoms with E-state index in [1.165, 1.54) is 0 Å². The number of amides is 1. The van der Waals surface area contributed by atoms with Crippen molar-refractivity contribution in [2.45, 2.75) is 12.5 Å². The van der Waals surface area contributed by atoms with Gasteiger partial charge in [0.1, 0.15) is 5.75 Å². The average molecular weight is 279 g/mol. The fourth-order valence-corrected chi connectivity index (χ4v) is 1.75. The molecule has 0 fully saturated rings. The summed E-state index contributed by atoms with van der Waals surface area (Å²) in [6, 6.07) is 6.42. The van der Waals surface area contributed by atoms with E-state index in [0.29, 0.717) is 12.2 Å². The largest absolute Gasteiger partial charge is 0.497 e. The molecule has 1 unspecified atom stereocenters. The number of aromatic amines is 1. The van der Waals surface area contributed by atoms with Gasteiger partial charge < -0.3 is 15.2 Å².